The molecule has 17 heavy (non-hydrogen) atoms. The molecule has 94 valence electrons. The Balaban J connectivity index is 3.01. The third-order valence-corrected chi connectivity index (χ3v) is 1.82. The first-order chi connectivity index (χ1) is 7.71. The molecule has 0 saturated heterocycles. The summed E-state index contributed by atoms with van der Waals surface area (Å²) in [5.74, 6) is -1.44. The summed E-state index contributed by atoms with van der Waals surface area (Å²) in [6, 6.07) is 0.933. The Hall–Kier alpha value is -1.83. The van der Waals surface area contributed by atoms with E-state index in [1.165, 1.54) is 0 Å². The van der Waals surface area contributed by atoms with Crippen molar-refractivity contribution in [3.05, 3.63) is 29.6 Å². The van der Waals surface area contributed by atoms with E-state index in [1.807, 2.05) is 5.32 Å². The van der Waals surface area contributed by atoms with Crippen molar-refractivity contribution in [2.24, 2.45) is 0 Å². The summed E-state index contributed by atoms with van der Waals surface area (Å²) in [7, 11) is 0.990. The first kappa shape index (κ1) is 13.2. The van der Waals surface area contributed by atoms with Crippen molar-refractivity contribution in [2.45, 2.75) is 6.18 Å². The predicted octanol–water partition coefficient (Wildman–Crippen LogP) is 2.70. The Morgan fingerprint density at radius 2 is 2.00 bits per heavy atom. The Morgan fingerprint density at radius 1 is 1.41 bits per heavy atom. The number of alkyl halides is 3. The van der Waals surface area contributed by atoms with E-state index in [-0.39, 0.29) is 10.8 Å². The molecule has 4 nitrogen and oxygen atoms in total. The minimum atomic E-state index is -4.85. The van der Waals surface area contributed by atoms with Crippen LogP contribution in [-0.2, 0) is 6.18 Å². The zero-order valence-corrected chi connectivity index (χ0v) is 8.55. The summed E-state index contributed by atoms with van der Waals surface area (Å²) in [5.41, 5.74) is -1.76. The van der Waals surface area contributed by atoms with Crippen LogP contribution in [-0.4, -0.2) is 23.3 Å². The van der Waals surface area contributed by atoms with E-state index in [2.05, 4.69) is 0 Å². The molecule has 1 rings (SSSR count). The van der Waals surface area contributed by atoms with Crippen LogP contribution in [0.3, 0.4) is 0 Å². The van der Waals surface area contributed by atoms with Crippen molar-refractivity contribution in [3.63, 3.8) is 0 Å². The van der Waals surface area contributed by atoms with Crippen molar-refractivity contribution in [1.29, 1.82) is 0 Å². The second kappa shape index (κ2) is 4.58. The average molecular weight is 252 g/mol. The number of hydrogen-bond donors (Lipinski definition) is 2. The van der Waals surface area contributed by atoms with Crippen LogP contribution in [0.5, 0.6) is 0 Å². The molecule has 2 amide bonds. The molecule has 0 unspecified atom stereocenters. The van der Waals surface area contributed by atoms with Gasteiger partial charge in [0.25, 0.3) is 0 Å². The van der Waals surface area contributed by atoms with Gasteiger partial charge in [-0.15, -0.1) is 0 Å². The molecule has 0 spiro atoms. The summed E-state index contributed by atoms with van der Waals surface area (Å²) in [6.07, 6.45) is -4.85. The van der Waals surface area contributed by atoms with Gasteiger partial charge in [-0.05, 0) is 18.2 Å². The third kappa shape index (κ3) is 3.31. The number of nitrogens with zero attached hydrogens (tertiary/aromatic N) is 1. The number of nitrogens with one attached hydrogen (secondary N) is 1. The maximum atomic E-state index is 12.9. The van der Waals surface area contributed by atoms with Gasteiger partial charge in [0.1, 0.15) is 5.82 Å². The fraction of sp³-hybridized carbons (Fsp3) is 0.222. The van der Waals surface area contributed by atoms with Crippen molar-refractivity contribution in [1.82, 2.24) is 5.06 Å². The van der Waals surface area contributed by atoms with Gasteiger partial charge in [0, 0.05) is 12.7 Å². The van der Waals surface area contributed by atoms with Gasteiger partial charge >= 0.3 is 12.2 Å². The molecule has 0 aliphatic carbocycles. The maximum absolute atomic E-state index is 12.9. The fourth-order valence-electron chi connectivity index (χ4n) is 1.02. The van der Waals surface area contributed by atoms with Gasteiger partial charge in [-0.1, -0.05) is 0 Å². The van der Waals surface area contributed by atoms with E-state index < -0.39 is 23.6 Å². The van der Waals surface area contributed by atoms with E-state index in [0.29, 0.717) is 12.1 Å². The highest BCUT2D eigenvalue weighted by molar-refractivity contribution is 5.88. The van der Waals surface area contributed by atoms with Gasteiger partial charge in [-0.2, -0.15) is 13.2 Å². The van der Waals surface area contributed by atoms with E-state index in [0.717, 1.165) is 13.1 Å². The van der Waals surface area contributed by atoms with Crippen LogP contribution >= 0.6 is 0 Å². The smallest absolute Gasteiger partial charge is 0.306 e. The quantitative estimate of drug-likeness (QED) is 0.458. The van der Waals surface area contributed by atoms with Crippen LogP contribution in [0.15, 0.2) is 18.2 Å². The molecular formula is C9H8F4N2O2. The lowest BCUT2D eigenvalue weighted by atomic mass is 10.2. The lowest BCUT2D eigenvalue weighted by molar-refractivity contribution is -0.139. The molecule has 0 aromatic heterocycles. The van der Waals surface area contributed by atoms with Crippen LogP contribution < -0.4 is 5.32 Å². The molecule has 0 bridgehead atoms. The van der Waals surface area contributed by atoms with Crippen LogP contribution in [0, 0.1) is 5.82 Å². The Labute approximate surface area is 93.4 Å². The van der Waals surface area contributed by atoms with Gasteiger partial charge in [-0.25, -0.2) is 14.2 Å². The van der Waals surface area contributed by atoms with Crippen LogP contribution in [0.2, 0.25) is 0 Å². The predicted molar refractivity (Wildman–Crippen MR) is 50.0 cm³/mol. The molecule has 2 N–H and O–H groups in total. The SMILES string of the molecule is CN(O)C(=O)Nc1ccc(F)c(C(F)(F)F)c1. The number of amides is 2. The molecule has 0 saturated carbocycles. The lowest BCUT2D eigenvalue weighted by Crippen LogP contribution is -2.28. The number of halogens is 4. The third-order valence-electron chi connectivity index (χ3n) is 1.82. The van der Waals surface area contributed by atoms with E-state index in [9.17, 15) is 22.4 Å². The van der Waals surface area contributed by atoms with Crippen molar-refractivity contribution < 1.29 is 27.6 Å². The molecule has 8 heteroatoms. The monoisotopic (exact) mass is 252 g/mol. The molecule has 1 aromatic rings. The van der Waals surface area contributed by atoms with Crippen LogP contribution in [0.4, 0.5) is 28.0 Å². The second-order valence-corrected chi connectivity index (χ2v) is 3.15. The van der Waals surface area contributed by atoms with E-state index in [4.69, 9.17) is 5.21 Å². The Bertz CT molecular complexity index is 431. The topological polar surface area (TPSA) is 52.6 Å². The van der Waals surface area contributed by atoms with Crippen LogP contribution in [0.25, 0.3) is 0 Å². The number of carbonyl (C=O) groups excluding carboxylic acids is 1. The van der Waals surface area contributed by atoms with Crippen molar-refractivity contribution in [2.75, 3.05) is 12.4 Å². The molecule has 0 aliphatic heterocycles. The number of hydrogen-bond acceptors (Lipinski definition) is 2. The fourth-order valence-corrected chi connectivity index (χ4v) is 1.02. The van der Waals surface area contributed by atoms with Crippen molar-refractivity contribution in [3.8, 4) is 0 Å². The minimum Gasteiger partial charge on any atom is -0.306 e. The highest BCUT2D eigenvalue weighted by atomic mass is 19.4. The van der Waals surface area contributed by atoms with Gasteiger partial charge in [0.05, 0.1) is 5.56 Å². The molecular weight excluding hydrogens is 244 g/mol. The number of urea groups is 1. The summed E-state index contributed by atoms with van der Waals surface area (Å²) >= 11 is 0. The zero-order valence-electron chi connectivity index (χ0n) is 8.55. The standard InChI is InChI=1S/C9H8F4N2O2/c1-15(17)8(16)14-5-2-3-7(10)6(4-5)9(11,12)13/h2-4,17H,1H3,(H,14,16). The normalized spacial score (nSPS) is 11.2. The van der Waals surface area contributed by atoms with E-state index in [1.54, 1.807) is 0 Å². The first-order valence-electron chi connectivity index (χ1n) is 4.32. The minimum absolute atomic E-state index is 0.149. The Morgan fingerprint density at radius 3 is 2.47 bits per heavy atom. The molecule has 0 fully saturated rings. The highest BCUT2D eigenvalue weighted by Gasteiger charge is 2.34. The van der Waals surface area contributed by atoms with E-state index >= 15 is 0 Å². The molecule has 1 aromatic carbocycles. The number of carbonyl (C=O) groups is 1. The first-order valence-corrected chi connectivity index (χ1v) is 4.32. The second-order valence-electron chi connectivity index (χ2n) is 3.15. The number of rotatable bonds is 1. The summed E-state index contributed by atoms with van der Waals surface area (Å²) in [6.45, 7) is 0. The van der Waals surface area contributed by atoms with Gasteiger partial charge in [0.15, 0.2) is 0 Å². The number of hydroxylamine groups is 2. The lowest BCUT2D eigenvalue weighted by Gasteiger charge is -2.13. The summed E-state index contributed by atoms with van der Waals surface area (Å²) < 4.78 is 49.8. The Kier molecular flexibility index (Phi) is 3.56. The number of anilines is 1. The zero-order chi connectivity index (χ0) is 13.2. The molecule has 0 radical (unpaired) electrons. The molecule has 0 atom stereocenters. The van der Waals surface area contributed by atoms with Gasteiger partial charge in [0.2, 0.25) is 0 Å². The maximum Gasteiger partial charge on any atom is 0.419 e. The van der Waals surface area contributed by atoms with Gasteiger partial charge < -0.3 is 5.32 Å². The average Bonchev–Trinajstić information content (AvgIpc) is 2.19. The summed E-state index contributed by atoms with van der Waals surface area (Å²) in [5, 5.41) is 10.8. The largest absolute Gasteiger partial charge is 0.419 e. The van der Waals surface area contributed by atoms with Crippen LogP contribution in [0.1, 0.15) is 5.56 Å². The summed E-state index contributed by atoms with van der Waals surface area (Å²) in [4.78, 5) is 10.9. The molecule has 0 aliphatic rings. The molecule has 0 heterocycles. The van der Waals surface area contributed by atoms with Crippen molar-refractivity contribution >= 4 is 11.7 Å². The number of benzene rings is 1. The highest BCUT2D eigenvalue weighted by Crippen LogP contribution is 2.32. The van der Waals surface area contributed by atoms with Gasteiger partial charge in [-0.3, -0.25) is 5.21 Å².